The van der Waals surface area contributed by atoms with Crippen LogP contribution in [0, 0.1) is 0 Å². The number of likely N-dealkylation sites (tertiary alicyclic amines) is 1. The Morgan fingerprint density at radius 1 is 1.14 bits per heavy atom. The molecule has 2 aromatic rings. The Hall–Kier alpha value is -2.29. The summed E-state index contributed by atoms with van der Waals surface area (Å²) in [6.07, 6.45) is 0.839. The fourth-order valence-electron chi connectivity index (χ4n) is 3.10. The van der Waals surface area contributed by atoms with Gasteiger partial charge in [-0.05, 0) is 36.6 Å². The molecule has 0 bridgehead atoms. The summed E-state index contributed by atoms with van der Waals surface area (Å²) >= 11 is 0. The molecule has 2 aromatic carbocycles. The zero-order chi connectivity index (χ0) is 15.6. The third-order valence-corrected chi connectivity index (χ3v) is 4.56. The number of ether oxygens (including phenoxy) is 1. The van der Waals surface area contributed by atoms with Crippen LogP contribution >= 0.6 is 0 Å². The van der Waals surface area contributed by atoms with E-state index < -0.39 is 5.41 Å². The van der Waals surface area contributed by atoms with E-state index in [9.17, 15) is 4.79 Å². The van der Waals surface area contributed by atoms with Crippen molar-refractivity contribution in [3.05, 3.63) is 65.7 Å². The molecule has 1 fully saturated rings. The van der Waals surface area contributed by atoms with Crippen LogP contribution < -0.4 is 4.74 Å². The maximum Gasteiger partial charge on any atom is 0.233 e. The molecule has 3 heteroatoms. The van der Waals surface area contributed by atoms with Gasteiger partial charge in [0.25, 0.3) is 0 Å². The second-order valence-corrected chi connectivity index (χ2v) is 6.03. The molecule has 3 rings (SSSR count). The number of methoxy groups -OCH3 is 1. The minimum atomic E-state index is -0.455. The topological polar surface area (TPSA) is 29.5 Å². The van der Waals surface area contributed by atoms with Gasteiger partial charge in [0.2, 0.25) is 5.91 Å². The van der Waals surface area contributed by atoms with Gasteiger partial charge in [-0.1, -0.05) is 42.5 Å². The van der Waals surface area contributed by atoms with Crippen LogP contribution in [0.25, 0.3) is 0 Å². The maximum absolute atomic E-state index is 12.9. The molecule has 0 saturated carbocycles. The van der Waals surface area contributed by atoms with Crippen LogP contribution in [0.3, 0.4) is 0 Å². The summed E-state index contributed by atoms with van der Waals surface area (Å²) in [5, 5.41) is 0. The number of hydrogen-bond donors (Lipinski definition) is 0. The van der Waals surface area contributed by atoms with Crippen molar-refractivity contribution in [3.8, 4) is 5.75 Å². The number of hydrogen-bond acceptors (Lipinski definition) is 2. The van der Waals surface area contributed by atoms with Gasteiger partial charge in [0.15, 0.2) is 0 Å². The lowest BCUT2D eigenvalue weighted by molar-refractivity contribution is -0.132. The summed E-state index contributed by atoms with van der Waals surface area (Å²) in [5.74, 6) is 0.998. The van der Waals surface area contributed by atoms with E-state index >= 15 is 0 Å². The van der Waals surface area contributed by atoms with Crippen molar-refractivity contribution in [1.82, 2.24) is 4.90 Å². The van der Waals surface area contributed by atoms with Gasteiger partial charge in [0, 0.05) is 13.1 Å². The smallest absolute Gasteiger partial charge is 0.233 e. The van der Waals surface area contributed by atoms with Crippen molar-refractivity contribution < 1.29 is 9.53 Å². The normalized spacial score (nSPS) is 21.2. The highest BCUT2D eigenvalue weighted by Crippen LogP contribution is 2.37. The Labute approximate surface area is 131 Å². The quantitative estimate of drug-likeness (QED) is 0.865. The zero-order valence-electron chi connectivity index (χ0n) is 13.1. The summed E-state index contributed by atoms with van der Waals surface area (Å²) in [6, 6.07) is 18.0. The standard InChI is InChI=1S/C19H21NO2/c1-19(16-9-6-10-17(13-16)22-2)11-12-20(18(19)21)14-15-7-4-3-5-8-15/h3-10,13H,11-12,14H2,1-2H3. The monoisotopic (exact) mass is 295 g/mol. The van der Waals surface area contributed by atoms with Crippen LogP contribution in [-0.4, -0.2) is 24.5 Å². The van der Waals surface area contributed by atoms with Crippen molar-refractivity contribution in [2.24, 2.45) is 0 Å². The van der Waals surface area contributed by atoms with Gasteiger partial charge in [0.05, 0.1) is 12.5 Å². The molecule has 1 unspecified atom stereocenters. The van der Waals surface area contributed by atoms with Gasteiger partial charge in [0.1, 0.15) is 5.75 Å². The summed E-state index contributed by atoms with van der Waals surface area (Å²) in [5.41, 5.74) is 1.75. The molecule has 1 aliphatic rings. The Kier molecular flexibility index (Phi) is 3.88. The van der Waals surface area contributed by atoms with E-state index in [2.05, 4.69) is 12.1 Å². The minimum absolute atomic E-state index is 0.199. The van der Waals surface area contributed by atoms with Crippen molar-refractivity contribution in [2.75, 3.05) is 13.7 Å². The first kappa shape index (κ1) is 14.6. The average Bonchev–Trinajstić information content (AvgIpc) is 2.85. The molecule has 1 aliphatic heterocycles. The maximum atomic E-state index is 12.9. The van der Waals surface area contributed by atoms with E-state index in [-0.39, 0.29) is 5.91 Å². The second kappa shape index (κ2) is 5.84. The van der Waals surface area contributed by atoms with Crippen LogP contribution in [0.4, 0.5) is 0 Å². The van der Waals surface area contributed by atoms with Gasteiger partial charge in [-0.25, -0.2) is 0 Å². The zero-order valence-corrected chi connectivity index (χ0v) is 13.1. The van der Waals surface area contributed by atoms with Crippen molar-refractivity contribution in [1.29, 1.82) is 0 Å². The molecule has 1 atom stereocenters. The molecule has 1 amide bonds. The third kappa shape index (κ3) is 2.59. The largest absolute Gasteiger partial charge is 0.497 e. The Bertz CT molecular complexity index is 668. The first-order valence-corrected chi connectivity index (χ1v) is 7.61. The summed E-state index contributed by atoms with van der Waals surface area (Å²) in [6.45, 7) is 3.51. The van der Waals surface area contributed by atoms with Gasteiger partial charge >= 0.3 is 0 Å². The van der Waals surface area contributed by atoms with Gasteiger partial charge in [-0.3, -0.25) is 4.79 Å². The number of amides is 1. The molecular weight excluding hydrogens is 274 g/mol. The summed E-state index contributed by atoms with van der Waals surface area (Å²) in [4.78, 5) is 14.9. The van der Waals surface area contributed by atoms with E-state index in [4.69, 9.17) is 4.74 Å². The molecule has 0 N–H and O–H groups in total. The van der Waals surface area contributed by atoms with E-state index in [1.807, 2.05) is 54.3 Å². The van der Waals surface area contributed by atoms with Crippen molar-refractivity contribution >= 4 is 5.91 Å². The summed E-state index contributed by atoms with van der Waals surface area (Å²) < 4.78 is 5.29. The predicted molar refractivity (Wildman–Crippen MR) is 86.8 cm³/mol. The van der Waals surface area contributed by atoms with Gasteiger partial charge < -0.3 is 9.64 Å². The molecule has 114 valence electrons. The van der Waals surface area contributed by atoms with Crippen LogP contribution in [0.5, 0.6) is 5.75 Å². The number of benzene rings is 2. The molecule has 3 nitrogen and oxygen atoms in total. The van der Waals surface area contributed by atoms with E-state index in [1.54, 1.807) is 7.11 Å². The molecule has 22 heavy (non-hydrogen) atoms. The third-order valence-electron chi connectivity index (χ3n) is 4.56. The summed E-state index contributed by atoms with van der Waals surface area (Å²) in [7, 11) is 1.65. The fourth-order valence-corrected chi connectivity index (χ4v) is 3.10. The van der Waals surface area contributed by atoms with E-state index in [0.717, 1.165) is 24.3 Å². The van der Waals surface area contributed by atoms with Crippen LogP contribution in [0.1, 0.15) is 24.5 Å². The predicted octanol–water partition coefficient (Wildman–Crippen LogP) is 3.39. The Morgan fingerprint density at radius 2 is 1.91 bits per heavy atom. The molecule has 0 aliphatic carbocycles. The number of nitrogens with zero attached hydrogens (tertiary/aromatic N) is 1. The van der Waals surface area contributed by atoms with Crippen LogP contribution in [0.2, 0.25) is 0 Å². The molecule has 0 radical (unpaired) electrons. The second-order valence-electron chi connectivity index (χ2n) is 6.03. The fraction of sp³-hybridized carbons (Fsp3) is 0.316. The first-order valence-electron chi connectivity index (χ1n) is 7.61. The molecular formula is C19H21NO2. The highest BCUT2D eigenvalue weighted by molar-refractivity contribution is 5.90. The van der Waals surface area contributed by atoms with Gasteiger partial charge in [-0.15, -0.1) is 0 Å². The molecule has 1 saturated heterocycles. The Morgan fingerprint density at radius 3 is 2.64 bits per heavy atom. The number of carbonyl (C=O) groups is 1. The lowest BCUT2D eigenvalue weighted by atomic mass is 9.81. The highest BCUT2D eigenvalue weighted by Gasteiger charge is 2.43. The van der Waals surface area contributed by atoms with Crippen LogP contribution in [-0.2, 0) is 16.8 Å². The first-order chi connectivity index (χ1) is 10.6. The lowest BCUT2D eigenvalue weighted by Gasteiger charge is -2.24. The molecule has 0 spiro atoms. The molecule has 1 heterocycles. The Balaban J connectivity index is 1.82. The molecule has 0 aromatic heterocycles. The average molecular weight is 295 g/mol. The SMILES string of the molecule is COc1cccc(C2(C)CCN(Cc3ccccc3)C2=O)c1. The van der Waals surface area contributed by atoms with E-state index in [1.165, 1.54) is 5.56 Å². The van der Waals surface area contributed by atoms with E-state index in [0.29, 0.717) is 6.54 Å². The highest BCUT2D eigenvalue weighted by atomic mass is 16.5. The van der Waals surface area contributed by atoms with Crippen molar-refractivity contribution in [3.63, 3.8) is 0 Å². The van der Waals surface area contributed by atoms with Crippen molar-refractivity contribution in [2.45, 2.75) is 25.3 Å². The number of carbonyl (C=O) groups excluding carboxylic acids is 1. The van der Waals surface area contributed by atoms with Crippen LogP contribution in [0.15, 0.2) is 54.6 Å². The minimum Gasteiger partial charge on any atom is -0.497 e. The lowest BCUT2D eigenvalue weighted by Crippen LogP contribution is -2.35. The van der Waals surface area contributed by atoms with Gasteiger partial charge in [-0.2, -0.15) is 0 Å². The number of rotatable bonds is 4.